The minimum atomic E-state index is -0.306. The van der Waals surface area contributed by atoms with Gasteiger partial charge >= 0.3 is 5.97 Å². The van der Waals surface area contributed by atoms with Crippen molar-refractivity contribution < 1.29 is 14.3 Å². The third-order valence-electron chi connectivity index (χ3n) is 3.48. The molecule has 1 fully saturated rings. The molecule has 1 saturated carbocycles. The summed E-state index contributed by atoms with van der Waals surface area (Å²) in [5.74, 6) is -0.216. The van der Waals surface area contributed by atoms with Gasteiger partial charge in [-0.25, -0.2) is 0 Å². The molecule has 0 heterocycles. The van der Waals surface area contributed by atoms with Gasteiger partial charge in [-0.15, -0.1) is 0 Å². The topological polar surface area (TPSA) is 55.4 Å². The van der Waals surface area contributed by atoms with Crippen molar-refractivity contribution in [3.8, 4) is 0 Å². The molecule has 0 aliphatic heterocycles. The summed E-state index contributed by atoms with van der Waals surface area (Å²) in [6.45, 7) is 3.62. The van der Waals surface area contributed by atoms with E-state index in [1.165, 1.54) is 0 Å². The quantitative estimate of drug-likeness (QED) is 0.850. The number of amides is 1. The molecule has 2 rings (SSSR count). The molecule has 1 amide bonds. The Morgan fingerprint density at radius 3 is 2.80 bits per heavy atom. The first kappa shape index (κ1) is 14.9. The van der Waals surface area contributed by atoms with E-state index in [-0.39, 0.29) is 30.4 Å². The molecule has 3 atom stereocenters. The van der Waals surface area contributed by atoms with E-state index in [1.54, 1.807) is 12.1 Å². The van der Waals surface area contributed by atoms with E-state index in [4.69, 9.17) is 16.3 Å². The highest BCUT2D eigenvalue weighted by atomic mass is 35.5. The number of benzene rings is 1. The Labute approximate surface area is 123 Å². The average molecular weight is 296 g/mol. The molecular formula is C15H18ClNO3. The van der Waals surface area contributed by atoms with Crippen LogP contribution in [0.5, 0.6) is 0 Å². The van der Waals surface area contributed by atoms with Crippen LogP contribution in [0.3, 0.4) is 0 Å². The maximum atomic E-state index is 11.7. The fourth-order valence-electron chi connectivity index (χ4n) is 2.04. The lowest BCUT2D eigenvalue weighted by Gasteiger charge is -2.14. The predicted octanol–water partition coefficient (Wildman–Crippen LogP) is 2.72. The van der Waals surface area contributed by atoms with Gasteiger partial charge in [-0.3, -0.25) is 9.59 Å². The summed E-state index contributed by atoms with van der Waals surface area (Å²) in [5, 5.41) is 3.40. The predicted molar refractivity (Wildman–Crippen MR) is 76.2 cm³/mol. The van der Waals surface area contributed by atoms with Gasteiger partial charge in [0.25, 0.3) is 5.91 Å². The van der Waals surface area contributed by atoms with Crippen LogP contribution in [0.15, 0.2) is 24.3 Å². The zero-order valence-corrected chi connectivity index (χ0v) is 12.3. The van der Waals surface area contributed by atoms with Crippen molar-refractivity contribution in [2.75, 3.05) is 6.61 Å². The lowest BCUT2D eigenvalue weighted by Crippen LogP contribution is -2.31. The number of hydrogen-bond acceptors (Lipinski definition) is 3. The van der Waals surface area contributed by atoms with Crippen LogP contribution in [0, 0.1) is 11.8 Å². The van der Waals surface area contributed by atoms with Crippen molar-refractivity contribution in [3.05, 3.63) is 34.9 Å². The fraction of sp³-hybridized carbons (Fsp3) is 0.467. The third-order valence-corrected chi connectivity index (χ3v) is 3.72. The largest absolute Gasteiger partial charge is 0.455 e. The molecule has 1 aromatic rings. The van der Waals surface area contributed by atoms with Crippen LogP contribution in [-0.4, -0.2) is 18.5 Å². The Morgan fingerprint density at radius 1 is 1.50 bits per heavy atom. The lowest BCUT2D eigenvalue weighted by molar-refractivity contribution is -0.150. The fourth-order valence-corrected chi connectivity index (χ4v) is 2.24. The number of carbonyl (C=O) groups is 2. The molecule has 1 N–H and O–H groups in total. The van der Waals surface area contributed by atoms with E-state index in [9.17, 15) is 9.59 Å². The Balaban J connectivity index is 1.77. The summed E-state index contributed by atoms with van der Waals surface area (Å²) >= 11 is 5.90. The number of halogens is 1. The molecule has 4 nitrogen and oxygen atoms in total. The summed E-state index contributed by atoms with van der Waals surface area (Å²) in [4.78, 5) is 23.2. The first-order chi connectivity index (χ1) is 9.47. The van der Waals surface area contributed by atoms with E-state index >= 15 is 0 Å². The Hall–Kier alpha value is -1.55. The Morgan fingerprint density at radius 2 is 2.20 bits per heavy atom. The Bertz CT molecular complexity index is 518. The summed E-state index contributed by atoms with van der Waals surface area (Å²) in [7, 11) is 0. The van der Waals surface area contributed by atoms with Crippen LogP contribution in [0.2, 0.25) is 5.02 Å². The van der Waals surface area contributed by atoms with Gasteiger partial charge < -0.3 is 10.1 Å². The molecule has 0 unspecified atom stereocenters. The molecule has 1 aliphatic carbocycles. The zero-order chi connectivity index (χ0) is 14.7. The minimum absolute atomic E-state index is 0.0202. The summed E-state index contributed by atoms with van der Waals surface area (Å²) in [6, 6.07) is 7.10. The number of carbonyl (C=O) groups excluding carboxylic acids is 2. The summed E-state index contributed by atoms with van der Waals surface area (Å²) in [6.07, 6.45) is 0.860. The van der Waals surface area contributed by atoms with E-state index < -0.39 is 0 Å². The van der Waals surface area contributed by atoms with Crippen LogP contribution in [0.1, 0.15) is 31.9 Å². The Kier molecular flexibility index (Phi) is 4.65. The molecular weight excluding hydrogens is 278 g/mol. The van der Waals surface area contributed by atoms with Crippen LogP contribution >= 0.6 is 11.6 Å². The first-order valence-corrected chi connectivity index (χ1v) is 7.06. The average Bonchev–Trinajstić information content (AvgIpc) is 3.13. The second-order valence-electron chi connectivity index (χ2n) is 5.27. The maximum absolute atomic E-state index is 11.7. The molecule has 0 bridgehead atoms. The standard InChI is InChI=1S/C15H18ClNO3/c1-9-6-13(9)15(19)20-8-14(18)17-10(2)11-4-3-5-12(16)7-11/h3-5,7,9-10,13H,6,8H2,1-2H3,(H,17,18)/t9-,10+,13+/m0/s1. The second kappa shape index (κ2) is 6.27. The lowest BCUT2D eigenvalue weighted by atomic mass is 10.1. The first-order valence-electron chi connectivity index (χ1n) is 6.69. The van der Waals surface area contributed by atoms with Gasteiger partial charge in [0, 0.05) is 5.02 Å². The molecule has 5 heteroatoms. The molecule has 0 radical (unpaired) electrons. The smallest absolute Gasteiger partial charge is 0.309 e. The van der Waals surface area contributed by atoms with E-state index in [2.05, 4.69) is 5.32 Å². The van der Waals surface area contributed by atoms with Crippen molar-refractivity contribution in [1.82, 2.24) is 5.32 Å². The normalized spacial score (nSPS) is 21.9. The van der Waals surface area contributed by atoms with Crippen molar-refractivity contribution >= 4 is 23.5 Å². The molecule has 0 aromatic heterocycles. The van der Waals surface area contributed by atoms with Gasteiger partial charge in [0.05, 0.1) is 12.0 Å². The van der Waals surface area contributed by atoms with Gasteiger partial charge in [-0.1, -0.05) is 30.7 Å². The highest BCUT2D eigenvalue weighted by Crippen LogP contribution is 2.38. The van der Waals surface area contributed by atoms with Gasteiger partial charge in [-0.05, 0) is 37.0 Å². The molecule has 0 spiro atoms. The van der Waals surface area contributed by atoms with Gasteiger partial charge in [-0.2, -0.15) is 0 Å². The molecule has 1 aliphatic rings. The molecule has 1 aromatic carbocycles. The number of rotatable bonds is 5. The van der Waals surface area contributed by atoms with E-state index in [0.29, 0.717) is 10.9 Å². The maximum Gasteiger partial charge on any atom is 0.309 e. The minimum Gasteiger partial charge on any atom is -0.455 e. The molecule has 0 saturated heterocycles. The second-order valence-corrected chi connectivity index (χ2v) is 5.71. The summed E-state index contributed by atoms with van der Waals surface area (Å²) < 4.78 is 4.98. The van der Waals surface area contributed by atoms with Crippen LogP contribution in [0.4, 0.5) is 0 Å². The number of hydrogen-bond donors (Lipinski definition) is 1. The third kappa shape index (κ3) is 3.97. The van der Waals surface area contributed by atoms with Crippen molar-refractivity contribution in [2.45, 2.75) is 26.3 Å². The van der Waals surface area contributed by atoms with Gasteiger partial charge in [0.15, 0.2) is 6.61 Å². The zero-order valence-electron chi connectivity index (χ0n) is 11.6. The highest BCUT2D eigenvalue weighted by molar-refractivity contribution is 6.30. The number of ether oxygens (including phenoxy) is 1. The van der Waals surface area contributed by atoms with Crippen LogP contribution in [-0.2, 0) is 14.3 Å². The van der Waals surface area contributed by atoms with Crippen molar-refractivity contribution in [2.24, 2.45) is 11.8 Å². The van der Waals surface area contributed by atoms with Crippen LogP contribution in [0.25, 0.3) is 0 Å². The van der Waals surface area contributed by atoms with E-state index in [0.717, 1.165) is 12.0 Å². The SMILES string of the molecule is C[C@@H](NC(=O)COC(=O)[C@@H]1C[C@@H]1C)c1cccc(Cl)c1. The monoisotopic (exact) mass is 295 g/mol. The summed E-state index contributed by atoms with van der Waals surface area (Å²) in [5.41, 5.74) is 0.910. The molecule has 20 heavy (non-hydrogen) atoms. The van der Waals surface area contributed by atoms with Crippen LogP contribution < -0.4 is 5.32 Å². The molecule has 108 valence electrons. The number of nitrogens with one attached hydrogen (secondary N) is 1. The van der Waals surface area contributed by atoms with E-state index in [1.807, 2.05) is 26.0 Å². The van der Waals surface area contributed by atoms with Crippen molar-refractivity contribution in [3.63, 3.8) is 0 Å². The van der Waals surface area contributed by atoms with Gasteiger partial charge in [0.1, 0.15) is 0 Å². The highest BCUT2D eigenvalue weighted by Gasteiger charge is 2.40. The number of esters is 1. The van der Waals surface area contributed by atoms with Crippen molar-refractivity contribution in [1.29, 1.82) is 0 Å². The van der Waals surface area contributed by atoms with Gasteiger partial charge in [0.2, 0.25) is 0 Å².